The molecule has 1 atom stereocenters. The molecule has 0 saturated carbocycles. The van der Waals surface area contributed by atoms with Crippen LogP contribution in [0, 0.1) is 0 Å². The molecule has 3 rings (SSSR count). The van der Waals surface area contributed by atoms with Crippen molar-refractivity contribution < 1.29 is 0 Å². The molecule has 0 fully saturated rings. The van der Waals surface area contributed by atoms with E-state index in [-0.39, 0.29) is 6.04 Å². The lowest BCUT2D eigenvalue weighted by atomic mass is 10.2. The Hall–Kier alpha value is -0.720. The molecule has 4 nitrogen and oxygen atoms in total. The zero-order chi connectivity index (χ0) is 12.7. The van der Waals surface area contributed by atoms with E-state index < -0.39 is 0 Å². The average molecular weight is 372 g/mol. The van der Waals surface area contributed by atoms with Crippen LogP contribution in [0.2, 0.25) is 0 Å². The maximum absolute atomic E-state index is 4.34. The van der Waals surface area contributed by atoms with E-state index in [4.69, 9.17) is 0 Å². The van der Waals surface area contributed by atoms with E-state index >= 15 is 0 Å². The first-order valence-electron chi connectivity index (χ1n) is 5.78. The molecule has 0 radical (unpaired) electrons. The number of benzene rings is 1. The van der Waals surface area contributed by atoms with E-state index in [9.17, 15) is 0 Å². The Bertz CT molecular complexity index is 594. The lowest BCUT2D eigenvalue weighted by molar-refractivity contribution is 0.439. The molecule has 6 heteroatoms. The lowest BCUT2D eigenvalue weighted by Crippen LogP contribution is -2.32. The van der Waals surface area contributed by atoms with Gasteiger partial charge in [-0.25, -0.2) is 0 Å². The van der Waals surface area contributed by atoms with Gasteiger partial charge in [-0.3, -0.25) is 0 Å². The molecule has 2 aromatic rings. The Morgan fingerprint density at radius 2 is 2.17 bits per heavy atom. The monoisotopic (exact) mass is 370 g/mol. The van der Waals surface area contributed by atoms with Gasteiger partial charge in [-0.05, 0) is 41.1 Å². The normalized spacial score (nSPS) is 18.7. The van der Waals surface area contributed by atoms with Gasteiger partial charge in [-0.15, -0.1) is 10.2 Å². The van der Waals surface area contributed by atoms with Gasteiger partial charge in [0.25, 0.3) is 0 Å². The zero-order valence-electron chi connectivity index (χ0n) is 9.82. The quantitative estimate of drug-likeness (QED) is 0.837. The summed E-state index contributed by atoms with van der Waals surface area (Å²) in [6.07, 6.45) is 0. The molecule has 1 unspecified atom stereocenters. The predicted octanol–water partition coefficient (Wildman–Crippen LogP) is 3.13. The van der Waals surface area contributed by atoms with Crippen LogP contribution in [-0.2, 0) is 6.54 Å². The molecular weight excluding hydrogens is 360 g/mol. The van der Waals surface area contributed by atoms with Crippen molar-refractivity contribution in [3.63, 3.8) is 0 Å². The van der Waals surface area contributed by atoms with Crippen LogP contribution < -0.4 is 5.32 Å². The number of halogens is 2. The van der Waals surface area contributed by atoms with Crippen molar-refractivity contribution in [3.05, 3.63) is 33.0 Å². The number of rotatable bonds is 1. The molecule has 1 aliphatic heterocycles. The fourth-order valence-electron chi connectivity index (χ4n) is 2.21. The van der Waals surface area contributed by atoms with Gasteiger partial charge >= 0.3 is 0 Å². The van der Waals surface area contributed by atoms with Crippen LogP contribution in [0.15, 0.2) is 27.1 Å². The maximum atomic E-state index is 4.34. The van der Waals surface area contributed by atoms with Gasteiger partial charge < -0.3 is 9.88 Å². The Labute approximate surface area is 122 Å². The zero-order valence-corrected chi connectivity index (χ0v) is 13.0. The van der Waals surface area contributed by atoms with Crippen LogP contribution in [-0.4, -0.2) is 21.3 Å². The Morgan fingerprint density at radius 1 is 1.33 bits per heavy atom. The number of aromatic nitrogens is 3. The van der Waals surface area contributed by atoms with E-state index in [0.717, 1.165) is 39.2 Å². The van der Waals surface area contributed by atoms with Crippen LogP contribution in [0.3, 0.4) is 0 Å². The Morgan fingerprint density at radius 3 is 2.94 bits per heavy atom. The first-order valence-corrected chi connectivity index (χ1v) is 7.37. The van der Waals surface area contributed by atoms with Crippen LogP contribution >= 0.6 is 31.9 Å². The highest BCUT2D eigenvalue weighted by Crippen LogP contribution is 2.31. The summed E-state index contributed by atoms with van der Waals surface area (Å²) in [6.45, 7) is 3.97. The van der Waals surface area contributed by atoms with E-state index in [1.54, 1.807) is 0 Å². The summed E-state index contributed by atoms with van der Waals surface area (Å²) in [4.78, 5) is 0. The summed E-state index contributed by atoms with van der Waals surface area (Å²) < 4.78 is 4.26. The molecular formula is C12H12Br2N4. The summed E-state index contributed by atoms with van der Waals surface area (Å²) in [5.41, 5.74) is 1.08. The molecule has 94 valence electrons. The minimum Gasteiger partial charge on any atom is -0.308 e. The molecule has 0 bridgehead atoms. The SMILES string of the molecule is CC1NCCn2c(-c3ccc(Br)cc3Br)nnc21. The minimum absolute atomic E-state index is 0.259. The fourth-order valence-corrected chi connectivity index (χ4v) is 3.43. The Balaban J connectivity index is 2.12. The van der Waals surface area contributed by atoms with Crippen molar-refractivity contribution >= 4 is 31.9 Å². The van der Waals surface area contributed by atoms with Crippen molar-refractivity contribution in [2.24, 2.45) is 0 Å². The van der Waals surface area contributed by atoms with Gasteiger partial charge in [0.05, 0.1) is 6.04 Å². The minimum atomic E-state index is 0.259. The number of hydrogen-bond acceptors (Lipinski definition) is 3. The van der Waals surface area contributed by atoms with Crippen molar-refractivity contribution in [1.82, 2.24) is 20.1 Å². The van der Waals surface area contributed by atoms with Crippen LogP contribution in [0.25, 0.3) is 11.4 Å². The van der Waals surface area contributed by atoms with Crippen molar-refractivity contribution in [2.45, 2.75) is 19.5 Å². The van der Waals surface area contributed by atoms with Gasteiger partial charge in [-0.1, -0.05) is 15.9 Å². The van der Waals surface area contributed by atoms with Gasteiger partial charge in [-0.2, -0.15) is 0 Å². The average Bonchev–Trinajstić information content (AvgIpc) is 2.74. The molecule has 1 N–H and O–H groups in total. The third kappa shape index (κ3) is 2.02. The third-order valence-electron chi connectivity index (χ3n) is 3.12. The van der Waals surface area contributed by atoms with E-state index in [1.807, 2.05) is 12.1 Å². The molecule has 0 saturated heterocycles. The summed E-state index contributed by atoms with van der Waals surface area (Å²) in [5.74, 6) is 1.93. The second-order valence-corrected chi connectivity index (χ2v) is 6.10. The maximum Gasteiger partial charge on any atom is 0.165 e. The second kappa shape index (κ2) is 4.75. The van der Waals surface area contributed by atoms with Crippen molar-refractivity contribution in [1.29, 1.82) is 0 Å². The summed E-state index contributed by atoms with van der Waals surface area (Å²) in [6, 6.07) is 6.36. The number of hydrogen-bond donors (Lipinski definition) is 1. The topological polar surface area (TPSA) is 42.7 Å². The highest BCUT2D eigenvalue weighted by atomic mass is 79.9. The standard InChI is InChI=1S/C12H12Br2N4/c1-7-11-16-17-12(18(11)5-4-15-7)9-3-2-8(13)6-10(9)14/h2-3,6-7,15H,4-5H2,1H3. The molecule has 2 heterocycles. The van der Waals surface area contributed by atoms with Gasteiger partial charge in [0.15, 0.2) is 5.82 Å². The number of fused-ring (bicyclic) bond motifs is 1. The van der Waals surface area contributed by atoms with E-state index in [1.165, 1.54) is 0 Å². The van der Waals surface area contributed by atoms with Gasteiger partial charge in [0, 0.05) is 27.6 Å². The van der Waals surface area contributed by atoms with Crippen LogP contribution in [0.5, 0.6) is 0 Å². The molecule has 0 aliphatic carbocycles. The molecule has 1 aromatic carbocycles. The van der Waals surface area contributed by atoms with Crippen LogP contribution in [0.4, 0.5) is 0 Å². The summed E-state index contributed by atoms with van der Waals surface area (Å²) >= 11 is 7.05. The number of nitrogens with zero attached hydrogens (tertiary/aromatic N) is 3. The summed E-state index contributed by atoms with van der Waals surface area (Å²) in [7, 11) is 0. The number of nitrogens with one attached hydrogen (secondary N) is 1. The highest BCUT2D eigenvalue weighted by Gasteiger charge is 2.22. The fraction of sp³-hybridized carbons (Fsp3) is 0.333. The molecule has 0 amide bonds. The van der Waals surface area contributed by atoms with Crippen LogP contribution in [0.1, 0.15) is 18.8 Å². The van der Waals surface area contributed by atoms with Gasteiger partial charge in [0.2, 0.25) is 0 Å². The largest absolute Gasteiger partial charge is 0.308 e. The molecule has 1 aliphatic rings. The third-order valence-corrected chi connectivity index (χ3v) is 4.27. The summed E-state index contributed by atoms with van der Waals surface area (Å²) in [5, 5.41) is 12.0. The van der Waals surface area contributed by atoms with E-state index in [0.29, 0.717) is 0 Å². The van der Waals surface area contributed by atoms with Crippen molar-refractivity contribution in [2.75, 3.05) is 6.54 Å². The van der Waals surface area contributed by atoms with Crippen molar-refractivity contribution in [3.8, 4) is 11.4 Å². The molecule has 18 heavy (non-hydrogen) atoms. The lowest BCUT2D eigenvalue weighted by Gasteiger charge is -2.22. The molecule has 1 aromatic heterocycles. The first-order chi connectivity index (χ1) is 8.66. The molecule has 0 spiro atoms. The smallest absolute Gasteiger partial charge is 0.165 e. The first kappa shape index (κ1) is 12.3. The van der Waals surface area contributed by atoms with Gasteiger partial charge in [0.1, 0.15) is 5.82 Å². The highest BCUT2D eigenvalue weighted by molar-refractivity contribution is 9.11. The predicted molar refractivity (Wildman–Crippen MR) is 77.3 cm³/mol. The second-order valence-electron chi connectivity index (χ2n) is 4.33. The van der Waals surface area contributed by atoms with E-state index in [2.05, 4.69) is 64.9 Å². The Kier molecular flexibility index (Phi) is 3.25.